The second-order valence-corrected chi connectivity index (χ2v) is 9.29. The zero-order valence-electron chi connectivity index (χ0n) is 20.1. The Hall–Kier alpha value is -3.04. The van der Waals surface area contributed by atoms with Gasteiger partial charge in [0.25, 0.3) is 0 Å². The highest BCUT2D eigenvalue weighted by Gasteiger charge is 2.24. The van der Waals surface area contributed by atoms with Crippen LogP contribution in [0.25, 0.3) is 21.3 Å². The number of anilines is 1. The van der Waals surface area contributed by atoms with Crippen LogP contribution in [0.2, 0.25) is 0 Å². The smallest absolute Gasteiger partial charge is 0.158 e. The van der Waals surface area contributed by atoms with E-state index in [1.807, 2.05) is 18.2 Å². The van der Waals surface area contributed by atoms with Crippen LogP contribution in [0.1, 0.15) is 17.4 Å². The molecule has 35 heavy (non-hydrogen) atoms. The van der Waals surface area contributed by atoms with Gasteiger partial charge in [0.05, 0.1) is 31.8 Å². The average Bonchev–Trinajstić information content (AvgIpc) is 3.35. The maximum atomic E-state index is 5.62. The van der Waals surface area contributed by atoms with E-state index in [1.54, 1.807) is 25.6 Å². The molecule has 1 saturated heterocycles. The van der Waals surface area contributed by atoms with Crippen molar-refractivity contribution in [3.63, 3.8) is 0 Å². The molecule has 4 aromatic rings. The summed E-state index contributed by atoms with van der Waals surface area (Å²) < 4.78 is 16.4. The maximum Gasteiger partial charge on any atom is 0.158 e. The lowest BCUT2D eigenvalue weighted by Crippen LogP contribution is -2.41. The van der Waals surface area contributed by atoms with Crippen molar-refractivity contribution in [2.45, 2.75) is 12.6 Å². The predicted octanol–water partition coefficient (Wildman–Crippen LogP) is 5.00. The van der Waals surface area contributed by atoms with Gasteiger partial charge in [-0.3, -0.25) is 4.90 Å². The van der Waals surface area contributed by atoms with Gasteiger partial charge in [-0.15, -0.1) is 11.3 Å². The number of methoxy groups -OCH3 is 2. The summed E-state index contributed by atoms with van der Waals surface area (Å²) in [6.07, 6.45) is 0. The number of ether oxygens (including phenoxy) is 3. The molecule has 7 nitrogen and oxygen atoms in total. The predicted molar refractivity (Wildman–Crippen MR) is 140 cm³/mol. The van der Waals surface area contributed by atoms with Gasteiger partial charge in [-0.2, -0.15) is 0 Å². The Morgan fingerprint density at radius 3 is 2.51 bits per heavy atom. The van der Waals surface area contributed by atoms with E-state index in [4.69, 9.17) is 24.2 Å². The van der Waals surface area contributed by atoms with E-state index in [-0.39, 0.29) is 6.04 Å². The van der Waals surface area contributed by atoms with Gasteiger partial charge in [0.15, 0.2) is 5.82 Å². The Balaban J connectivity index is 1.50. The Morgan fingerprint density at radius 1 is 1.03 bits per heavy atom. The number of hydrogen-bond acceptors (Lipinski definition) is 8. The summed E-state index contributed by atoms with van der Waals surface area (Å²) in [7, 11) is 3.36. The number of fused-ring (bicyclic) bond motifs is 1. The van der Waals surface area contributed by atoms with Crippen molar-refractivity contribution in [1.29, 1.82) is 0 Å². The molecule has 0 aliphatic carbocycles. The van der Waals surface area contributed by atoms with Crippen LogP contribution in [0.15, 0.2) is 60.0 Å². The van der Waals surface area contributed by atoms with Crippen molar-refractivity contribution in [3.8, 4) is 16.9 Å². The molecule has 5 rings (SSSR count). The lowest BCUT2D eigenvalue weighted by molar-refractivity contribution is 0.0187. The van der Waals surface area contributed by atoms with E-state index in [1.165, 1.54) is 5.56 Å². The molecule has 1 aliphatic heterocycles. The summed E-state index contributed by atoms with van der Waals surface area (Å²) in [6, 6.07) is 18.9. The molecule has 3 heterocycles. The fourth-order valence-electron chi connectivity index (χ4n) is 4.50. The van der Waals surface area contributed by atoms with Gasteiger partial charge in [-0.1, -0.05) is 42.5 Å². The number of rotatable bonds is 9. The van der Waals surface area contributed by atoms with Gasteiger partial charge in [0, 0.05) is 37.7 Å². The van der Waals surface area contributed by atoms with Gasteiger partial charge < -0.3 is 19.5 Å². The third kappa shape index (κ3) is 5.31. The summed E-state index contributed by atoms with van der Waals surface area (Å²) in [5.41, 5.74) is 3.53. The molecule has 0 bridgehead atoms. The molecule has 182 valence electrons. The summed E-state index contributed by atoms with van der Waals surface area (Å²) in [5, 5.41) is 6.91. The highest BCUT2D eigenvalue weighted by atomic mass is 32.1. The Bertz CT molecular complexity index is 1240. The third-order valence-corrected chi connectivity index (χ3v) is 7.16. The summed E-state index contributed by atoms with van der Waals surface area (Å²) in [5.74, 6) is 2.38. The molecule has 2 aromatic carbocycles. The first-order chi connectivity index (χ1) is 17.3. The van der Waals surface area contributed by atoms with Crippen molar-refractivity contribution < 1.29 is 14.2 Å². The summed E-state index contributed by atoms with van der Waals surface area (Å²) >= 11 is 1.64. The van der Waals surface area contributed by atoms with Crippen molar-refractivity contribution in [2.24, 2.45) is 0 Å². The molecular weight excluding hydrogens is 460 g/mol. The molecule has 0 spiro atoms. The molecule has 1 aliphatic rings. The molecule has 1 unspecified atom stereocenters. The molecule has 0 saturated carbocycles. The molecular formula is C27H30N4O3S. The Labute approximate surface area is 209 Å². The maximum absolute atomic E-state index is 5.62. The van der Waals surface area contributed by atoms with Crippen LogP contribution in [0, 0.1) is 0 Å². The summed E-state index contributed by atoms with van der Waals surface area (Å²) in [4.78, 5) is 13.1. The first-order valence-corrected chi connectivity index (χ1v) is 12.7. The van der Waals surface area contributed by atoms with Crippen LogP contribution in [-0.2, 0) is 16.1 Å². The second-order valence-electron chi connectivity index (χ2n) is 8.44. The molecule has 1 atom stereocenters. The number of hydrogen-bond donors (Lipinski definition) is 1. The normalized spacial score (nSPS) is 15.3. The van der Waals surface area contributed by atoms with Crippen LogP contribution in [0.4, 0.5) is 5.82 Å². The van der Waals surface area contributed by atoms with E-state index in [0.29, 0.717) is 19.0 Å². The molecule has 1 N–H and O–H groups in total. The van der Waals surface area contributed by atoms with Crippen LogP contribution in [0.3, 0.4) is 0 Å². The van der Waals surface area contributed by atoms with Crippen molar-refractivity contribution in [3.05, 3.63) is 71.4 Å². The fraction of sp³-hybridized carbons (Fsp3) is 0.333. The first-order valence-electron chi connectivity index (χ1n) is 11.8. The van der Waals surface area contributed by atoms with Gasteiger partial charge in [0.2, 0.25) is 0 Å². The SMILES string of the molecule is COCc1nc(NCC(c2ccc(OC)cc2)N2CCOCC2)c2c(-c3ccccc3)csc2n1. The quantitative estimate of drug-likeness (QED) is 0.354. The minimum Gasteiger partial charge on any atom is -0.497 e. The monoisotopic (exact) mass is 490 g/mol. The topological polar surface area (TPSA) is 68.7 Å². The van der Waals surface area contributed by atoms with Crippen LogP contribution in [0.5, 0.6) is 5.75 Å². The molecule has 2 aromatic heterocycles. The minimum absolute atomic E-state index is 0.166. The number of nitrogens with one attached hydrogen (secondary N) is 1. The van der Waals surface area contributed by atoms with Gasteiger partial charge in [-0.25, -0.2) is 9.97 Å². The molecule has 8 heteroatoms. The molecule has 0 radical (unpaired) electrons. The van der Waals surface area contributed by atoms with E-state index in [0.717, 1.165) is 59.2 Å². The van der Waals surface area contributed by atoms with Crippen molar-refractivity contribution in [2.75, 3.05) is 52.4 Å². The summed E-state index contributed by atoms with van der Waals surface area (Å²) in [6.45, 7) is 4.33. The minimum atomic E-state index is 0.166. The lowest BCUT2D eigenvalue weighted by Gasteiger charge is -2.35. The largest absolute Gasteiger partial charge is 0.497 e. The standard InChI is InChI=1S/C27H30N4O3S/c1-32-17-24-29-26(25-22(18-35-27(25)30-24)19-6-4-3-5-7-19)28-16-23(31-12-14-34-15-13-31)20-8-10-21(33-2)11-9-20/h3-11,18,23H,12-17H2,1-2H3,(H,28,29,30). The number of thiophene rings is 1. The zero-order chi connectivity index (χ0) is 24.0. The van der Waals surface area contributed by atoms with Gasteiger partial charge >= 0.3 is 0 Å². The van der Waals surface area contributed by atoms with E-state index >= 15 is 0 Å². The third-order valence-electron chi connectivity index (χ3n) is 6.29. The Morgan fingerprint density at radius 2 is 1.80 bits per heavy atom. The van der Waals surface area contributed by atoms with E-state index in [9.17, 15) is 0 Å². The highest BCUT2D eigenvalue weighted by molar-refractivity contribution is 7.17. The van der Waals surface area contributed by atoms with Gasteiger partial charge in [-0.05, 0) is 23.3 Å². The fourth-order valence-corrected chi connectivity index (χ4v) is 5.47. The van der Waals surface area contributed by atoms with E-state index in [2.05, 4.69) is 52.0 Å². The Kier molecular flexibility index (Phi) is 7.54. The number of morpholine rings is 1. The molecule has 1 fully saturated rings. The number of aromatic nitrogens is 2. The number of benzene rings is 2. The zero-order valence-corrected chi connectivity index (χ0v) is 20.9. The van der Waals surface area contributed by atoms with Crippen molar-refractivity contribution >= 4 is 27.4 Å². The number of nitrogens with zero attached hydrogens (tertiary/aromatic N) is 3. The van der Waals surface area contributed by atoms with Crippen LogP contribution >= 0.6 is 11.3 Å². The second kappa shape index (κ2) is 11.1. The van der Waals surface area contributed by atoms with E-state index < -0.39 is 0 Å². The highest BCUT2D eigenvalue weighted by Crippen LogP contribution is 2.37. The average molecular weight is 491 g/mol. The molecule has 0 amide bonds. The van der Waals surface area contributed by atoms with Crippen LogP contribution in [-0.4, -0.2) is 61.9 Å². The van der Waals surface area contributed by atoms with Crippen LogP contribution < -0.4 is 10.1 Å². The van der Waals surface area contributed by atoms with Crippen molar-refractivity contribution in [1.82, 2.24) is 14.9 Å². The first kappa shape index (κ1) is 23.7. The van der Waals surface area contributed by atoms with Gasteiger partial charge in [0.1, 0.15) is 23.0 Å². The lowest BCUT2D eigenvalue weighted by atomic mass is 10.0.